The van der Waals surface area contributed by atoms with Crippen LogP contribution in [0, 0.1) is 13.8 Å². The first-order valence-electron chi connectivity index (χ1n) is 10.5. The minimum atomic E-state index is -0.311. The standard InChI is InChI=1S/C24H30N2O3S/c1-5-28-13-7-12-26-22-11-10-20(23(27)29-6-2)15-21(22)25-24(26)30-16-19-9-8-17(3)18(4)14-19/h8-11,14-15H,5-7,12-13,16H2,1-4H3. The molecule has 3 aromatic rings. The van der Waals surface area contributed by atoms with Gasteiger partial charge in [0.1, 0.15) is 0 Å². The maximum atomic E-state index is 12.1. The Bertz CT molecular complexity index is 1010. The van der Waals surface area contributed by atoms with Gasteiger partial charge in [0.2, 0.25) is 0 Å². The number of imidazole rings is 1. The number of carbonyl (C=O) groups is 1. The third-order valence-electron chi connectivity index (χ3n) is 5.04. The second kappa shape index (κ2) is 10.6. The lowest BCUT2D eigenvalue weighted by Crippen LogP contribution is -2.05. The van der Waals surface area contributed by atoms with Crippen molar-refractivity contribution in [3.8, 4) is 0 Å². The van der Waals surface area contributed by atoms with Gasteiger partial charge in [-0.05, 0) is 69.0 Å². The number of nitrogens with zero attached hydrogens (tertiary/aromatic N) is 2. The first-order chi connectivity index (χ1) is 14.5. The number of rotatable bonds is 10. The lowest BCUT2D eigenvalue weighted by atomic mass is 10.1. The highest BCUT2D eigenvalue weighted by Gasteiger charge is 2.15. The van der Waals surface area contributed by atoms with Crippen LogP contribution in [0.4, 0.5) is 0 Å². The predicted octanol–water partition coefficient (Wildman–Crippen LogP) is 5.55. The summed E-state index contributed by atoms with van der Waals surface area (Å²) in [6, 6.07) is 12.2. The van der Waals surface area contributed by atoms with Crippen LogP contribution in [-0.2, 0) is 21.8 Å². The van der Waals surface area contributed by atoms with E-state index >= 15 is 0 Å². The van der Waals surface area contributed by atoms with Gasteiger partial charge in [0, 0.05) is 25.5 Å². The zero-order valence-electron chi connectivity index (χ0n) is 18.2. The van der Waals surface area contributed by atoms with E-state index < -0.39 is 0 Å². The monoisotopic (exact) mass is 426 g/mol. The summed E-state index contributed by atoms with van der Waals surface area (Å²) >= 11 is 1.72. The fraction of sp³-hybridized carbons (Fsp3) is 0.417. The van der Waals surface area contributed by atoms with Crippen molar-refractivity contribution in [2.45, 2.75) is 51.6 Å². The van der Waals surface area contributed by atoms with Gasteiger partial charge >= 0.3 is 5.97 Å². The quantitative estimate of drug-likeness (QED) is 0.242. The minimum absolute atomic E-state index is 0.311. The smallest absolute Gasteiger partial charge is 0.338 e. The molecule has 5 nitrogen and oxygen atoms in total. The molecule has 0 aliphatic heterocycles. The molecular weight excluding hydrogens is 396 g/mol. The van der Waals surface area contributed by atoms with E-state index in [1.54, 1.807) is 11.8 Å². The minimum Gasteiger partial charge on any atom is -0.462 e. The third kappa shape index (κ3) is 5.43. The third-order valence-corrected chi connectivity index (χ3v) is 6.09. The van der Waals surface area contributed by atoms with E-state index in [1.165, 1.54) is 16.7 Å². The molecule has 0 bridgehead atoms. The molecule has 0 aliphatic rings. The Morgan fingerprint density at radius 3 is 2.63 bits per heavy atom. The van der Waals surface area contributed by atoms with Gasteiger partial charge in [0.15, 0.2) is 5.16 Å². The highest BCUT2D eigenvalue weighted by Crippen LogP contribution is 2.28. The molecule has 1 heterocycles. The molecule has 0 spiro atoms. The highest BCUT2D eigenvalue weighted by molar-refractivity contribution is 7.98. The number of aromatic nitrogens is 2. The number of hydrogen-bond acceptors (Lipinski definition) is 5. The van der Waals surface area contributed by atoms with E-state index in [4.69, 9.17) is 14.5 Å². The van der Waals surface area contributed by atoms with Crippen molar-refractivity contribution in [1.82, 2.24) is 9.55 Å². The summed E-state index contributed by atoms with van der Waals surface area (Å²) in [4.78, 5) is 17.0. The number of ether oxygens (including phenoxy) is 2. The van der Waals surface area contributed by atoms with Crippen LogP contribution in [-0.4, -0.2) is 35.3 Å². The van der Waals surface area contributed by atoms with Crippen molar-refractivity contribution >= 4 is 28.8 Å². The zero-order chi connectivity index (χ0) is 21.5. The lowest BCUT2D eigenvalue weighted by Gasteiger charge is -2.10. The Morgan fingerprint density at radius 1 is 1.07 bits per heavy atom. The summed E-state index contributed by atoms with van der Waals surface area (Å²) in [5.41, 5.74) is 6.27. The summed E-state index contributed by atoms with van der Waals surface area (Å²) in [7, 11) is 0. The van der Waals surface area contributed by atoms with E-state index in [2.05, 4.69) is 36.6 Å². The predicted molar refractivity (Wildman–Crippen MR) is 122 cm³/mol. The van der Waals surface area contributed by atoms with Crippen molar-refractivity contribution in [3.63, 3.8) is 0 Å². The maximum absolute atomic E-state index is 12.1. The average Bonchev–Trinajstić information content (AvgIpc) is 3.09. The molecule has 0 saturated carbocycles. The van der Waals surface area contributed by atoms with Gasteiger partial charge in [0.25, 0.3) is 0 Å². The molecule has 1 aromatic heterocycles. The van der Waals surface area contributed by atoms with Crippen molar-refractivity contribution < 1.29 is 14.3 Å². The molecule has 30 heavy (non-hydrogen) atoms. The molecule has 0 amide bonds. The number of aryl methyl sites for hydroxylation is 3. The number of fused-ring (bicyclic) bond motifs is 1. The molecule has 6 heteroatoms. The number of benzene rings is 2. The Morgan fingerprint density at radius 2 is 1.90 bits per heavy atom. The topological polar surface area (TPSA) is 53.4 Å². The van der Waals surface area contributed by atoms with E-state index in [0.717, 1.165) is 48.1 Å². The molecule has 0 N–H and O–H groups in total. The second-order valence-electron chi connectivity index (χ2n) is 7.23. The first-order valence-corrected chi connectivity index (χ1v) is 11.5. The van der Waals surface area contributed by atoms with E-state index in [1.807, 2.05) is 32.0 Å². The summed E-state index contributed by atoms with van der Waals surface area (Å²) in [5, 5.41) is 0.959. The fourth-order valence-corrected chi connectivity index (χ4v) is 4.27. The molecule has 3 rings (SSSR count). The maximum Gasteiger partial charge on any atom is 0.338 e. The van der Waals surface area contributed by atoms with Gasteiger partial charge in [-0.2, -0.15) is 0 Å². The van der Waals surface area contributed by atoms with Crippen LogP contribution in [0.1, 0.15) is 47.3 Å². The van der Waals surface area contributed by atoms with Gasteiger partial charge < -0.3 is 14.0 Å². The lowest BCUT2D eigenvalue weighted by molar-refractivity contribution is 0.0526. The number of esters is 1. The molecule has 160 valence electrons. The Balaban J connectivity index is 1.86. The number of thioether (sulfide) groups is 1. The van der Waals surface area contributed by atoms with Crippen molar-refractivity contribution in [3.05, 3.63) is 58.7 Å². The molecule has 0 atom stereocenters. The van der Waals surface area contributed by atoms with Gasteiger partial charge in [-0.25, -0.2) is 9.78 Å². The zero-order valence-corrected chi connectivity index (χ0v) is 19.1. The summed E-state index contributed by atoms with van der Waals surface area (Å²) < 4.78 is 12.9. The second-order valence-corrected chi connectivity index (χ2v) is 8.17. The van der Waals surface area contributed by atoms with E-state index in [-0.39, 0.29) is 5.97 Å². The fourth-order valence-electron chi connectivity index (χ4n) is 3.29. The SMILES string of the molecule is CCOCCCn1c(SCc2ccc(C)c(C)c2)nc2cc(C(=O)OCC)ccc21. The van der Waals surface area contributed by atoms with Crippen LogP contribution in [0.3, 0.4) is 0 Å². The van der Waals surface area contributed by atoms with Crippen LogP contribution >= 0.6 is 11.8 Å². The largest absolute Gasteiger partial charge is 0.462 e. The van der Waals surface area contributed by atoms with Crippen LogP contribution in [0.15, 0.2) is 41.6 Å². The summed E-state index contributed by atoms with van der Waals surface area (Å²) in [6.07, 6.45) is 0.913. The number of hydrogen-bond donors (Lipinski definition) is 0. The number of carbonyl (C=O) groups excluding carboxylic acids is 1. The van der Waals surface area contributed by atoms with Gasteiger partial charge in [0.05, 0.1) is 23.2 Å². The molecule has 0 saturated heterocycles. The van der Waals surface area contributed by atoms with Crippen molar-refractivity contribution in [2.75, 3.05) is 19.8 Å². The normalized spacial score (nSPS) is 11.2. The van der Waals surface area contributed by atoms with E-state index in [9.17, 15) is 4.79 Å². The van der Waals surface area contributed by atoms with Crippen molar-refractivity contribution in [1.29, 1.82) is 0 Å². The molecule has 0 unspecified atom stereocenters. The van der Waals surface area contributed by atoms with Crippen LogP contribution in [0.2, 0.25) is 0 Å². The molecule has 2 aromatic carbocycles. The summed E-state index contributed by atoms with van der Waals surface area (Å²) in [6.45, 7) is 10.7. The summed E-state index contributed by atoms with van der Waals surface area (Å²) in [5.74, 6) is 0.537. The molecule has 0 aliphatic carbocycles. The van der Waals surface area contributed by atoms with Crippen LogP contribution in [0.25, 0.3) is 11.0 Å². The van der Waals surface area contributed by atoms with Crippen LogP contribution in [0.5, 0.6) is 0 Å². The average molecular weight is 427 g/mol. The highest BCUT2D eigenvalue weighted by atomic mass is 32.2. The Hall–Kier alpha value is -2.31. The van der Waals surface area contributed by atoms with Crippen LogP contribution < -0.4 is 0 Å². The first kappa shape index (κ1) is 22.4. The molecule has 0 fully saturated rings. The molecule has 0 radical (unpaired) electrons. The Kier molecular flexibility index (Phi) is 7.94. The molecular formula is C24H30N2O3S. The van der Waals surface area contributed by atoms with E-state index in [0.29, 0.717) is 12.2 Å². The van der Waals surface area contributed by atoms with Crippen molar-refractivity contribution in [2.24, 2.45) is 0 Å². The van der Waals surface area contributed by atoms with Gasteiger partial charge in [-0.15, -0.1) is 0 Å². The van der Waals surface area contributed by atoms with Gasteiger partial charge in [-0.1, -0.05) is 30.0 Å². The Labute approximate surface area is 182 Å². The van der Waals surface area contributed by atoms with Gasteiger partial charge in [-0.3, -0.25) is 0 Å².